The molecule has 2 N–H and O–H groups in total. The molecule has 3 rings (SSSR count). The summed E-state index contributed by atoms with van der Waals surface area (Å²) in [4.78, 5) is 14.4. The lowest BCUT2D eigenvalue weighted by atomic mass is 10.1. The minimum absolute atomic E-state index is 0.0770. The summed E-state index contributed by atoms with van der Waals surface area (Å²) < 4.78 is 32.0. The first-order valence-electron chi connectivity index (χ1n) is 7.70. The number of likely N-dealkylation sites (tertiary alicyclic amines) is 1. The van der Waals surface area contributed by atoms with E-state index in [0.717, 1.165) is 24.4 Å². The highest BCUT2D eigenvalue weighted by atomic mass is 32.2. The Morgan fingerprint density at radius 1 is 1.35 bits per heavy atom. The fourth-order valence-electron chi connectivity index (χ4n) is 3.02. The quantitative estimate of drug-likeness (QED) is 0.747. The molecule has 2 atom stereocenters. The average molecular weight is 359 g/mol. The van der Waals surface area contributed by atoms with Gasteiger partial charge in [-0.1, -0.05) is 6.07 Å². The highest BCUT2D eigenvalue weighted by molar-refractivity contribution is 7.91. The molecule has 3 heterocycles. The van der Waals surface area contributed by atoms with E-state index >= 15 is 0 Å². The maximum atomic E-state index is 12.1. The minimum atomic E-state index is -3.61. The van der Waals surface area contributed by atoms with E-state index in [1.54, 1.807) is 11.4 Å². The number of sulfonamides is 1. The van der Waals surface area contributed by atoms with Crippen LogP contribution in [0.2, 0.25) is 0 Å². The van der Waals surface area contributed by atoms with Crippen molar-refractivity contribution in [2.75, 3.05) is 32.8 Å². The van der Waals surface area contributed by atoms with E-state index in [4.69, 9.17) is 4.74 Å². The monoisotopic (exact) mass is 359 g/mol. The van der Waals surface area contributed by atoms with Gasteiger partial charge in [-0.25, -0.2) is 13.1 Å². The third-order valence-electron chi connectivity index (χ3n) is 4.19. The van der Waals surface area contributed by atoms with Crippen molar-refractivity contribution in [2.24, 2.45) is 0 Å². The number of rotatable bonds is 6. The second-order valence-electron chi connectivity index (χ2n) is 5.78. The first-order chi connectivity index (χ1) is 11.1. The first kappa shape index (κ1) is 16.8. The molecule has 2 aliphatic rings. The summed E-state index contributed by atoms with van der Waals surface area (Å²) in [6.45, 7) is 2.90. The fourth-order valence-corrected chi connectivity index (χ4v) is 5.04. The molecule has 0 saturated carbocycles. The van der Waals surface area contributed by atoms with Gasteiger partial charge in [0.1, 0.15) is 4.21 Å². The molecule has 7 nitrogen and oxygen atoms in total. The Morgan fingerprint density at radius 3 is 2.83 bits per heavy atom. The Bertz CT molecular complexity index is 626. The Kier molecular flexibility index (Phi) is 5.32. The van der Waals surface area contributed by atoms with Crippen molar-refractivity contribution in [1.29, 1.82) is 0 Å². The molecule has 2 saturated heterocycles. The highest BCUT2D eigenvalue weighted by Crippen LogP contribution is 2.19. The van der Waals surface area contributed by atoms with Crippen molar-refractivity contribution >= 4 is 27.3 Å². The molecule has 128 valence electrons. The van der Waals surface area contributed by atoms with E-state index in [9.17, 15) is 13.2 Å². The Labute approximate surface area is 140 Å². The van der Waals surface area contributed by atoms with Crippen molar-refractivity contribution in [3.8, 4) is 0 Å². The number of hydrogen-bond donors (Lipinski definition) is 2. The number of ether oxygens (including phenoxy) is 1. The summed E-state index contributed by atoms with van der Waals surface area (Å²) in [5, 5.41) is 4.58. The van der Waals surface area contributed by atoms with Gasteiger partial charge < -0.3 is 10.1 Å². The molecule has 9 heteroatoms. The largest absolute Gasteiger partial charge is 0.378 e. The van der Waals surface area contributed by atoms with Gasteiger partial charge in [-0.15, -0.1) is 11.3 Å². The summed E-state index contributed by atoms with van der Waals surface area (Å²) in [6, 6.07) is 3.29. The maximum absolute atomic E-state index is 12.1. The molecule has 0 spiro atoms. The van der Waals surface area contributed by atoms with Crippen molar-refractivity contribution in [3.05, 3.63) is 17.5 Å². The predicted molar refractivity (Wildman–Crippen MR) is 86.9 cm³/mol. The standard InChI is InChI=1S/C14H21N3O4S2/c18-13(8-15-23(19,20)14-4-3-7-22-14)16-11-9-21-10-12(11)17-5-1-2-6-17/h3-4,7,11-12,15H,1-2,5-6,8-10H2,(H,16,18)/t11-,12-/m0/s1. The number of thiophene rings is 1. The van der Waals surface area contributed by atoms with Crippen LogP contribution in [0.4, 0.5) is 0 Å². The van der Waals surface area contributed by atoms with E-state index < -0.39 is 10.0 Å². The maximum Gasteiger partial charge on any atom is 0.250 e. The second kappa shape index (κ2) is 7.27. The summed E-state index contributed by atoms with van der Waals surface area (Å²) in [7, 11) is -3.61. The van der Waals surface area contributed by atoms with Gasteiger partial charge in [0.2, 0.25) is 5.91 Å². The van der Waals surface area contributed by atoms with E-state index in [1.165, 1.54) is 18.9 Å². The van der Waals surface area contributed by atoms with Crippen molar-refractivity contribution in [3.63, 3.8) is 0 Å². The van der Waals surface area contributed by atoms with Crippen LogP contribution in [0.3, 0.4) is 0 Å². The first-order valence-corrected chi connectivity index (χ1v) is 10.1. The van der Waals surface area contributed by atoms with E-state index in [1.807, 2.05) is 0 Å². The smallest absolute Gasteiger partial charge is 0.250 e. The molecule has 1 aromatic heterocycles. The molecule has 1 amide bonds. The highest BCUT2D eigenvalue weighted by Gasteiger charge is 2.35. The van der Waals surface area contributed by atoms with Crippen LogP contribution in [0.1, 0.15) is 12.8 Å². The summed E-state index contributed by atoms with van der Waals surface area (Å²) in [5.74, 6) is -0.329. The molecule has 2 fully saturated rings. The Hall–Kier alpha value is -1.00. The molecular formula is C14H21N3O4S2. The third kappa shape index (κ3) is 4.10. The molecule has 0 unspecified atom stereocenters. The molecular weight excluding hydrogens is 338 g/mol. The molecule has 23 heavy (non-hydrogen) atoms. The number of nitrogens with one attached hydrogen (secondary N) is 2. The van der Waals surface area contributed by atoms with Crippen LogP contribution in [-0.4, -0.2) is 64.2 Å². The number of nitrogens with zero attached hydrogens (tertiary/aromatic N) is 1. The zero-order valence-electron chi connectivity index (χ0n) is 12.7. The number of amides is 1. The van der Waals surface area contributed by atoms with E-state index in [-0.39, 0.29) is 28.7 Å². The van der Waals surface area contributed by atoms with Crippen LogP contribution in [0, 0.1) is 0 Å². The molecule has 2 aliphatic heterocycles. The van der Waals surface area contributed by atoms with Crippen LogP contribution < -0.4 is 10.0 Å². The van der Waals surface area contributed by atoms with Crippen LogP contribution in [0.25, 0.3) is 0 Å². The van der Waals surface area contributed by atoms with Gasteiger partial charge in [-0.05, 0) is 37.4 Å². The molecule has 0 aliphatic carbocycles. The molecule has 0 aromatic carbocycles. The van der Waals surface area contributed by atoms with Crippen LogP contribution in [0.15, 0.2) is 21.7 Å². The van der Waals surface area contributed by atoms with Gasteiger partial charge in [0.15, 0.2) is 0 Å². The zero-order valence-corrected chi connectivity index (χ0v) is 14.4. The van der Waals surface area contributed by atoms with Crippen LogP contribution in [0.5, 0.6) is 0 Å². The average Bonchev–Trinajstić information content (AvgIpc) is 3.25. The molecule has 0 radical (unpaired) electrons. The van der Waals surface area contributed by atoms with Gasteiger partial charge in [0.25, 0.3) is 10.0 Å². The van der Waals surface area contributed by atoms with Crippen molar-refractivity contribution < 1.29 is 17.9 Å². The second-order valence-corrected chi connectivity index (χ2v) is 8.72. The minimum Gasteiger partial charge on any atom is -0.378 e. The third-order valence-corrected chi connectivity index (χ3v) is 6.99. The van der Waals surface area contributed by atoms with Gasteiger partial charge >= 0.3 is 0 Å². The number of hydrogen-bond acceptors (Lipinski definition) is 6. The Morgan fingerprint density at radius 2 is 2.13 bits per heavy atom. The van der Waals surface area contributed by atoms with Gasteiger partial charge in [0, 0.05) is 0 Å². The normalized spacial score (nSPS) is 25.7. The fraction of sp³-hybridized carbons (Fsp3) is 0.643. The van der Waals surface area contributed by atoms with Crippen LogP contribution in [-0.2, 0) is 19.6 Å². The van der Waals surface area contributed by atoms with Gasteiger partial charge in [-0.3, -0.25) is 9.69 Å². The summed E-state index contributed by atoms with van der Waals surface area (Å²) >= 11 is 1.12. The van der Waals surface area contributed by atoms with Crippen LogP contribution >= 0.6 is 11.3 Å². The summed E-state index contributed by atoms with van der Waals surface area (Å²) in [6.07, 6.45) is 2.36. The molecule has 0 bridgehead atoms. The van der Waals surface area contributed by atoms with Crippen molar-refractivity contribution in [1.82, 2.24) is 14.9 Å². The van der Waals surface area contributed by atoms with Gasteiger partial charge in [-0.2, -0.15) is 0 Å². The van der Waals surface area contributed by atoms with E-state index in [0.29, 0.717) is 13.2 Å². The molecule has 1 aromatic rings. The van der Waals surface area contributed by atoms with Gasteiger partial charge in [0.05, 0.1) is 31.8 Å². The van der Waals surface area contributed by atoms with Crippen molar-refractivity contribution in [2.45, 2.75) is 29.1 Å². The number of carbonyl (C=O) groups is 1. The lowest BCUT2D eigenvalue weighted by Gasteiger charge is -2.27. The topological polar surface area (TPSA) is 87.7 Å². The summed E-state index contributed by atoms with van der Waals surface area (Å²) in [5.41, 5.74) is 0. The zero-order chi connectivity index (χ0) is 16.3. The lowest BCUT2D eigenvalue weighted by Crippen LogP contribution is -2.52. The predicted octanol–water partition coefficient (Wildman–Crippen LogP) is 0.00580. The SMILES string of the molecule is O=C(CNS(=O)(=O)c1cccs1)N[C@H]1COC[C@@H]1N1CCCC1. The Balaban J connectivity index is 1.51. The lowest BCUT2D eigenvalue weighted by molar-refractivity contribution is -0.120. The van der Waals surface area contributed by atoms with E-state index in [2.05, 4.69) is 14.9 Å². The number of carbonyl (C=O) groups excluding carboxylic acids is 1.